The summed E-state index contributed by atoms with van der Waals surface area (Å²) in [6, 6.07) is 6.67. The van der Waals surface area contributed by atoms with Crippen molar-refractivity contribution in [2.75, 3.05) is 13.3 Å². The summed E-state index contributed by atoms with van der Waals surface area (Å²) < 4.78 is 31.8. The van der Waals surface area contributed by atoms with Gasteiger partial charge in [0.25, 0.3) is 0 Å². The molecule has 0 radical (unpaired) electrons. The minimum atomic E-state index is -0.509. The summed E-state index contributed by atoms with van der Waals surface area (Å²) in [4.78, 5) is 0. The van der Waals surface area contributed by atoms with Crippen LogP contribution in [0.25, 0.3) is 0 Å². The zero-order chi connectivity index (χ0) is 11.8. The summed E-state index contributed by atoms with van der Waals surface area (Å²) in [5.74, 6) is -0.255. The summed E-state index contributed by atoms with van der Waals surface area (Å²) in [6.07, 6.45) is -0.412. The molecule has 3 heteroatoms. The molecule has 0 N–H and O–H groups in total. The molecule has 1 aliphatic heterocycles. The van der Waals surface area contributed by atoms with E-state index in [-0.39, 0.29) is 11.7 Å². The highest BCUT2D eigenvalue weighted by atomic mass is 19.1. The van der Waals surface area contributed by atoms with E-state index in [1.807, 2.05) is 13.8 Å². The number of ether oxygens (including phenoxy) is 1. The molecule has 88 valence electrons. The van der Waals surface area contributed by atoms with Crippen molar-refractivity contribution in [1.29, 1.82) is 0 Å². The van der Waals surface area contributed by atoms with Crippen LogP contribution in [-0.4, -0.2) is 19.4 Å². The Bertz CT molecular complexity index is 380. The van der Waals surface area contributed by atoms with Crippen LogP contribution >= 0.6 is 0 Å². The van der Waals surface area contributed by atoms with Gasteiger partial charge in [-0.2, -0.15) is 0 Å². The first-order valence-corrected chi connectivity index (χ1v) is 5.52. The second kappa shape index (κ2) is 4.13. The van der Waals surface area contributed by atoms with Crippen molar-refractivity contribution >= 4 is 0 Å². The lowest BCUT2D eigenvalue weighted by Crippen LogP contribution is -2.33. The molecule has 1 fully saturated rings. The number of halogens is 2. The maximum Gasteiger partial charge on any atom is 0.127 e. The van der Waals surface area contributed by atoms with Gasteiger partial charge in [0.05, 0.1) is 12.7 Å². The molecule has 0 amide bonds. The maximum absolute atomic E-state index is 13.7. The van der Waals surface area contributed by atoms with Crippen LogP contribution in [0.2, 0.25) is 0 Å². The summed E-state index contributed by atoms with van der Waals surface area (Å²) in [7, 11) is 0. The standard InChI is InChI=1S/C13H16F2O/c1-9-12(7-14)16-8-13(9,2)10-5-3-4-6-11(10)15/h3-6,9,12H,7-8H2,1-2H3/t9-,12?,13-/m1/s1. The fourth-order valence-corrected chi connectivity index (χ4v) is 2.39. The van der Waals surface area contributed by atoms with Gasteiger partial charge in [-0.3, -0.25) is 0 Å². The van der Waals surface area contributed by atoms with E-state index in [2.05, 4.69) is 0 Å². The van der Waals surface area contributed by atoms with Gasteiger partial charge in [-0.15, -0.1) is 0 Å². The number of alkyl halides is 1. The Hall–Kier alpha value is -0.960. The molecule has 0 saturated carbocycles. The van der Waals surface area contributed by atoms with E-state index in [0.29, 0.717) is 12.2 Å². The molecule has 1 aromatic rings. The quantitative estimate of drug-likeness (QED) is 0.753. The van der Waals surface area contributed by atoms with Crippen LogP contribution in [0.5, 0.6) is 0 Å². The van der Waals surface area contributed by atoms with Crippen molar-refractivity contribution in [3.05, 3.63) is 35.6 Å². The van der Waals surface area contributed by atoms with Crippen molar-refractivity contribution in [2.24, 2.45) is 5.92 Å². The van der Waals surface area contributed by atoms with E-state index in [0.717, 1.165) is 0 Å². The minimum Gasteiger partial charge on any atom is -0.374 e. The van der Waals surface area contributed by atoms with E-state index in [1.165, 1.54) is 6.07 Å². The Morgan fingerprint density at radius 2 is 2.12 bits per heavy atom. The van der Waals surface area contributed by atoms with Gasteiger partial charge < -0.3 is 4.74 Å². The SMILES string of the molecule is C[C@@H]1C(CF)OC[C@@]1(C)c1ccccc1F. The molecule has 1 saturated heterocycles. The number of benzene rings is 1. The van der Waals surface area contributed by atoms with Gasteiger partial charge in [-0.1, -0.05) is 32.0 Å². The monoisotopic (exact) mass is 226 g/mol. The van der Waals surface area contributed by atoms with Crippen molar-refractivity contribution < 1.29 is 13.5 Å². The van der Waals surface area contributed by atoms with Crippen LogP contribution < -0.4 is 0 Å². The molecule has 0 aliphatic carbocycles. The molecule has 3 atom stereocenters. The normalized spacial score (nSPS) is 34.2. The number of rotatable bonds is 2. The Labute approximate surface area is 94.4 Å². The van der Waals surface area contributed by atoms with E-state index >= 15 is 0 Å². The van der Waals surface area contributed by atoms with Crippen LogP contribution in [0, 0.1) is 11.7 Å². The molecule has 0 aromatic heterocycles. The average Bonchev–Trinajstić information content (AvgIpc) is 2.57. The molecule has 1 nitrogen and oxygen atoms in total. The van der Waals surface area contributed by atoms with Crippen LogP contribution in [0.4, 0.5) is 8.78 Å². The lowest BCUT2D eigenvalue weighted by Gasteiger charge is -2.29. The fraction of sp³-hybridized carbons (Fsp3) is 0.538. The molecule has 0 bridgehead atoms. The van der Waals surface area contributed by atoms with Gasteiger partial charge in [0.2, 0.25) is 0 Å². The van der Waals surface area contributed by atoms with Crippen molar-refractivity contribution in [3.8, 4) is 0 Å². The summed E-state index contributed by atoms with van der Waals surface area (Å²) in [6.45, 7) is 3.73. The second-order valence-electron chi connectivity index (χ2n) is 4.69. The molecule has 16 heavy (non-hydrogen) atoms. The first-order valence-electron chi connectivity index (χ1n) is 5.52. The third-order valence-corrected chi connectivity index (χ3v) is 3.80. The Morgan fingerprint density at radius 3 is 2.69 bits per heavy atom. The Morgan fingerprint density at radius 1 is 1.44 bits per heavy atom. The summed E-state index contributed by atoms with van der Waals surface area (Å²) in [5.41, 5.74) is 0.195. The van der Waals surface area contributed by atoms with E-state index in [4.69, 9.17) is 4.74 Å². The van der Waals surface area contributed by atoms with Crippen LogP contribution in [0.15, 0.2) is 24.3 Å². The van der Waals surface area contributed by atoms with Crippen molar-refractivity contribution in [2.45, 2.75) is 25.4 Å². The predicted molar refractivity (Wildman–Crippen MR) is 58.6 cm³/mol. The summed E-state index contributed by atoms with van der Waals surface area (Å²) >= 11 is 0. The van der Waals surface area contributed by atoms with E-state index < -0.39 is 18.2 Å². The number of hydrogen-bond donors (Lipinski definition) is 0. The lowest BCUT2D eigenvalue weighted by molar-refractivity contribution is 0.0713. The molecule has 1 aromatic carbocycles. The number of hydrogen-bond acceptors (Lipinski definition) is 1. The van der Waals surface area contributed by atoms with E-state index in [1.54, 1.807) is 18.2 Å². The molecular formula is C13H16F2O. The lowest BCUT2D eigenvalue weighted by atomic mass is 9.73. The Balaban J connectivity index is 2.37. The van der Waals surface area contributed by atoms with Gasteiger partial charge in [-0.05, 0) is 17.5 Å². The Kier molecular flexibility index (Phi) is 2.98. The molecule has 1 heterocycles. The molecule has 1 unspecified atom stereocenters. The van der Waals surface area contributed by atoms with Crippen LogP contribution in [-0.2, 0) is 10.2 Å². The fourth-order valence-electron chi connectivity index (χ4n) is 2.39. The second-order valence-corrected chi connectivity index (χ2v) is 4.69. The van der Waals surface area contributed by atoms with Gasteiger partial charge in [0.1, 0.15) is 12.5 Å². The minimum absolute atomic E-state index is 0.0191. The van der Waals surface area contributed by atoms with Gasteiger partial charge in [0.15, 0.2) is 0 Å². The highest BCUT2D eigenvalue weighted by Crippen LogP contribution is 2.41. The third-order valence-electron chi connectivity index (χ3n) is 3.80. The first-order chi connectivity index (χ1) is 7.59. The van der Waals surface area contributed by atoms with Gasteiger partial charge >= 0.3 is 0 Å². The zero-order valence-electron chi connectivity index (χ0n) is 9.54. The molecule has 1 aliphatic rings. The van der Waals surface area contributed by atoms with Crippen LogP contribution in [0.3, 0.4) is 0 Å². The average molecular weight is 226 g/mol. The van der Waals surface area contributed by atoms with E-state index in [9.17, 15) is 8.78 Å². The molecular weight excluding hydrogens is 210 g/mol. The first kappa shape index (κ1) is 11.5. The van der Waals surface area contributed by atoms with Crippen molar-refractivity contribution in [1.82, 2.24) is 0 Å². The topological polar surface area (TPSA) is 9.23 Å². The smallest absolute Gasteiger partial charge is 0.127 e. The zero-order valence-corrected chi connectivity index (χ0v) is 9.54. The predicted octanol–water partition coefficient (Wildman–Crippen LogP) is 3.09. The largest absolute Gasteiger partial charge is 0.374 e. The van der Waals surface area contributed by atoms with Gasteiger partial charge in [-0.25, -0.2) is 8.78 Å². The van der Waals surface area contributed by atoms with Crippen molar-refractivity contribution in [3.63, 3.8) is 0 Å². The third kappa shape index (κ3) is 1.63. The molecule has 2 rings (SSSR count). The maximum atomic E-state index is 13.7. The van der Waals surface area contributed by atoms with Crippen LogP contribution in [0.1, 0.15) is 19.4 Å². The molecule has 0 spiro atoms. The highest BCUT2D eigenvalue weighted by molar-refractivity contribution is 5.29. The van der Waals surface area contributed by atoms with Gasteiger partial charge in [0, 0.05) is 5.41 Å². The summed E-state index contributed by atoms with van der Waals surface area (Å²) in [5, 5.41) is 0. The highest BCUT2D eigenvalue weighted by Gasteiger charge is 2.45.